The van der Waals surface area contributed by atoms with Crippen molar-refractivity contribution in [2.45, 2.75) is 18.3 Å². The largest absolute Gasteiger partial charge is 0.259 e. The second-order valence-electron chi connectivity index (χ2n) is 5.09. The van der Waals surface area contributed by atoms with Gasteiger partial charge in [-0.2, -0.15) is 14.0 Å². The lowest BCUT2D eigenvalue weighted by Crippen LogP contribution is -1.99. The summed E-state index contributed by atoms with van der Waals surface area (Å²) in [6.07, 6.45) is 3.72. The van der Waals surface area contributed by atoms with Gasteiger partial charge in [0.05, 0.1) is 11.2 Å². The zero-order chi connectivity index (χ0) is 14.6. The highest BCUT2D eigenvalue weighted by Gasteiger charge is 2.42. The van der Waals surface area contributed by atoms with E-state index in [-0.39, 0.29) is 17.0 Å². The Morgan fingerprint density at radius 3 is 2.76 bits per heavy atom. The molecule has 4 rings (SSSR count). The first-order valence-corrected chi connectivity index (χ1v) is 7.20. The number of aromatic nitrogens is 4. The third-order valence-electron chi connectivity index (χ3n) is 3.74. The van der Waals surface area contributed by atoms with Gasteiger partial charge in [0.25, 0.3) is 0 Å². The first-order chi connectivity index (χ1) is 10.1. The Morgan fingerprint density at radius 1 is 1.14 bits per heavy atom. The molecule has 0 aliphatic heterocycles. The first-order valence-electron chi connectivity index (χ1n) is 6.44. The molecule has 0 saturated heterocycles. The normalized spacial score (nSPS) is 20.9. The highest BCUT2D eigenvalue weighted by Crippen LogP contribution is 2.55. The van der Waals surface area contributed by atoms with Crippen molar-refractivity contribution < 1.29 is 4.39 Å². The molecule has 1 fully saturated rings. The fraction of sp³-hybridized carbons (Fsp3) is 0.214. The van der Waals surface area contributed by atoms with E-state index < -0.39 is 5.95 Å². The lowest BCUT2D eigenvalue weighted by Gasteiger charge is -2.04. The van der Waals surface area contributed by atoms with Crippen LogP contribution in [0.4, 0.5) is 4.39 Å². The van der Waals surface area contributed by atoms with Gasteiger partial charge < -0.3 is 0 Å². The van der Waals surface area contributed by atoms with E-state index in [1.54, 1.807) is 12.3 Å². The molecule has 4 nitrogen and oxygen atoms in total. The van der Waals surface area contributed by atoms with Gasteiger partial charge in [0.2, 0.25) is 5.95 Å². The van der Waals surface area contributed by atoms with Gasteiger partial charge in [-0.1, -0.05) is 23.2 Å². The number of rotatable bonds is 2. The average molecular weight is 323 g/mol. The third-order valence-corrected chi connectivity index (χ3v) is 4.15. The molecule has 0 unspecified atom stereocenters. The molecule has 106 valence electrons. The Balaban J connectivity index is 1.74. The lowest BCUT2D eigenvalue weighted by molar-refractivity contribution is 0.548. The summed E-state index contributed by atoms with van der Waals surface area (Å²) in [5.41, 5.74) is 2.39. The minimum absolute atomic E-state index is 0.225. The lowest BCUT2D eigenvalue weighted by atomic mass is 10.1. The van der Waals surface area contributed by atoms with Gasteiger partial charge in [-0.25, -0.2) is 4.98 Å². The molecule has 0 radical (unpaired) electrons. The van der Waals surface area contributed by atoms with Gasteiger partial charge >= 0.3 is 0 Å². The third kappa shape index (κ3) is 2.17. The number of hydrogen-bond donors (Lipinski definition) is 0. The van der Waals surface area contributed by atoms with Crippen LogP contribution < -0.4 is 0 Å². The SMILES string of the molecule is Fc1cnc2c([C@H]3C[C@@H]3c3ccc(Cl)cn3)cc(Cl)nn12. The quantitative estimate of drug-likeness (QED) is 0.720. The number of fused-ring (bicyclic) bond motifs is 1. The molecule has 0 aromatic carbocycles. The van der Waals surface area contributed by atoms with E-state index in [0.717, 1.165) is 28.4 Å². The summed E-state index contributed by atoms with van der Waals surface area (Å²) >= 11 is 11.8. The molecule has 3 heterocycles. The molecule has 1 saturated carbocycles. The van der Waals surface area contributed by atoms with Gasteiger partial charge in [-0.3, -0.25) is 4.98 Å². The van der Waals surface area contributed by atoms with Crippen LogP contribution in [-0.2, 0) is 0 Å². The van der Waals surface area contributed by atoms with E-state index in [4.69, 9.17) is 23.2 Å². The molecule has 7 heteroatoms. The van der Waals surface area contributed by atoms with Crippen LogP contribution in [0.15, 0.2) is 30.6 Å². The molecule has 0 N–H and O–H groups in total. The van der Waals surface area contributed by atoms with Crippen molar-refractivity contribution in [2.24, 2.45) is 0 Å². The molecule has 2 atom stereocenters. The molecular weight excluding hydrogens is 314 g/mol. The second kappa shape index (κ2) is 4.64. The molecular formula is C14H9Cl2FN4. The zero-order valence-corrected chi connectivity index (χ0v) is 12.2. The molecule has 1 aliphatic carbocycles. The summed E-state index contributed by atoms with van der Waals surface area (Å²) in [4.78, 5) is 8.43. The second-order valence-corrected chi connectivity index (χ2v) is 5.91. The molecule has 3 aromatic heterocycles. The number of pyridine rings is 1. The number of nitrogens with zero attached hydrogens (tertiary/aromatic N) is 4. The Morgan fingerprint density at radius 2 is 2.00 bits per heavy atom. The Kier molecular flexibility index (Phi) is 2.87. The maximum Gasteiger partial charge on any atom is 0.234 e. The minimum atomic E-state index is -0.518. The van der Waals surface area contributed by atoms with Crippen LogP contribution in [0.25, 0.3) is 5.65 Å². The maximum absolute atomic E-state index is 13.6. The van der Waals surface area contributed by atoms with Crippen molar-refractivity contribution in [2.75, 3.05) is 0 Å². The Bertz CT molecular complexity index is 831. The summed E-state index contributed by atoms with van der Waals surface area (Å²) in [5, 5.41) is 4.79. The van der Waals surface area contributed by atoms with Crippen LogP contribution in [0.1, 0.15) is 29.5 Å². The van der Waals surface area contributed by atoms with Crippen LogP contribution in [0.5, 0.6) is 0 Å². The van der Waals surface area contributed by atoms with Crippen LogP contribution in [0, 0.1) is 5.95 Å². The van der Waals surface area contributed by atoms with E-state index in [9.17, 15) is 4.39 Å². The molecule has 3 aromatic rings. The summed E-state index contributed by atoms with van der Waals surface area (Å²) in [6, 6.07) is 5.49. The van der Waals surface area contributed by atoms with Crippen molar-refractivity contribution in [3.8, 4) is 0 Å². The number of hydrogen-bond acceptors (Lipinski definition) is 3. The van der Waals surface area contributed by atoms with Gasteiger partial charge in [-0.05, 0) is 30.5 Å². The Hall–Kier alpha value is -1.72. The van der Waals surface area contributed by atoms with Crippen LogP contribution in [0.2, 0.25) is 10.2 Å². The maximum atomic E-state index is 13.6. The predicted molar refractivity (Wildman–Crippen MR) is 77.3 cm³/mol. The van der Waals surface area contributed by atoms with Gasteiger partial charge in [0, 0.05) is 23.4 Å². The van der Waals surface area contributed by atoms with Crippen molar-refractivity contribution in [1.29, 1.82) is 0 Å². The van der Waals surface area contributed by atoms with E-state index in [1.165, 1.54) is 0 Å². The van der Waals surface area contributed by atoms with Crippen molar-refractivity contribution in [3.05, 3.63) is 58.0 Å². The zero-order valence-electron chi connectivity index (χ0n) is 10.7. The van der Waals surface area contributed by atoms with Crippen LogP contribution in [-0.4, -0.2) is 19.6 Å². The van der Waals surface area contributed by atoms with Gasteiger partial charge in [-0.15, -0.1) is 0 Å². The molecule has 0 spiro atoms. The molecule has 0 bridgehead atoms. The van der Waals surface area contributed by atoms with Gasteiger partial charge in [0.1, 0.15) is 0 Å². The van der Waals surface area contributed by atoms with Gasteiger partial charge in [0.15, 0.2) is 10.8 Å². The molecule has 1 aliphatic rings. The minimum Gasteiger partial charge on any atom is -0.259 e. The van der Waals surface area contributed by atoms with Crippen molar-refractivity contribution in [3.63, 3.8) is 0 Å². The van der Waals surface area contributed by atoms with E-state index >= 15 is 0 Å². The van der Waals surface area contributed by atoms with Crippen LogP contribution in [0.3, 0.4) is 0 Å². The summed E-state index contributed by atoms with van der Waals surface area (Å²) in [5.74, 6) is -0.0108. The predicted octanol–water partition coefficient (Wildman–Crippen LogP) is 3.84. The summed E-state index contributed by atoms with van der Waals surface area (Å²) in [6.45, 7) is 0. The molecule has 21 heavy (non-hydrogen) atoms. The van der Waals surface area contributed by atoms with Crippen molar-refractivity contribution in [1.82, 2.24) is 19.6 Å². The molecule has 0 amide bonds. The van der Waals surface area contributed by atoms with E-state index in [2.05, 4.69) is 15.1 Å². The van der Waals surface area contributed by atoms with E-state index in [1.807, 2.05) is 12.1 Å². The van der Waals surface area contributed by atoms with Crippen molar-refractivity contribution >= 4 is 28.8 Å². The number of halogens is 3. The Labute approximate surface area is 129 Å². The summed E-state index contributed by atoms with van der Waals surface area (Å²) < 4.78 is 14.7. The standard InChI is InChI=1S/C14H9Cl2FN4/c15-7-1-2-11(18-5-7)9-3-8(9)10-4-12(16)20-21-13(17)6-19-14(10)21/h1-2,4-6,8-9H,3H2/t8-,9-/m0/s1. The monoisotopic (exact) mass is 322 g/mol. The fourth-order valence-corrected chi connectivity index (χ4v) is 2.98. The smallest absolute Gasteiger partial charge is 0.234 e. The summed E-state index contributed by atoms with van der Waals surface area (Å²) in [7, 11) is 0. The first kappa shape index (κ1) is 13.0. The number of imidazole rings is 1. The topological polar surface area (TPSA) is 43.1 Å². The average Bonchev–Trinajstić information content (AvgIpc) is 3.18. The highest BCUT2D eigenvalue weighted by atomic mass is 35.5. The van der Waals surface area contributed by atoms with Crippen LogP contribution >= 0.6 is 23.2 Å². The van der Waals surface area contributed by atoms with E-state index in [0.29, 0.717) is 10.7 Å². The highest BCUT2D eigenvalue weighted by molar-refractivity contribution is 6.30. The fourth-order valence-electron chi connectivity index (χ4n) is 2.68.